The molecule has 0 radical (unpaired) electrons. The van der Waals surface area contributed by atoms with Gasteiger partial charge in [0.25, 0.3) is 6.47 Å². The number of nitrogens with zero attached hydrogens (tertiary/aromatic N) is 1. The summed E-state index contributed by atoms with van der Waals surface area (Å²) in [5, 5.41) is 0. The zero-order valence-electron chi connectivity index (χ0n) is 10.3. The molecule has 1 aromatic carbocycles. The van der Waals surface area contributed by atoms with Crippen LogP contribution in [0, 0.1) is 0 Å². The zero-order valence-corrected chi connectivity index (χ0v) is 10.3. The number of rotatable bonds is 8. The van der Waals surface area contributed by atoms with E-state index >= 15 is 0 Å². The lowest BCUT2D eigenvalue weighted by atomic mass is 10.3. The molecule has 0 spiro atoms. The molecule has 0 heterocycles. The molecular weight excluding hydrogens is 218 g/mol. The van der Waals surface area contributed by atoms with Gasteiger partial charge < -0.3 is 14.4 Å². The summed E-state index contributed by atoms with van der Waals surface area (Å²) in [6, 6.07) is 9.97. The molecule has 0 saturated heterocycles. The van der Waals surface area contributed by atoms with Crippen LogP contribution in [0.25, 0.3) is 0 Å². The lowest BCUT2D eigenvalue weighted by molar-refractivity contribution is -0.160. The zero-order chi connectivity index (χ0) is 12.5. The van der Waals surface area contributed by atoms with E-state index in [0.29, 0.717) is 19.6 Å². The van der Waals surface area contributed by atoms with Crippen LogP contribution in [0.5, 0.6) is 0 Å². The number of para-hydroxylation sites is 1. The first-order valence-corrected chi connectivity index (χ1v) is 5.82. The maximum atomic E-state index is 10.4. The van der Waals surface area contributed by atoms with Crippen LogP contribution < -0.4 is 4.90 Å². The minimum atomic E-state index is -0.516. The van der Waals surface area contributed by atoms with Gasteiger partial charge in [-0.1, -0.05) is 18.2 Å². The third kappa shape index (κ3) is 4.44. The predicted octanol–water partition coefficient (Wildman–Crippen LogP) is 2.05. The molecule has 0 aliphatic heterocycles. The number of carbonyl (C=O) groups excluding carboxylic acids is 1. The molecule has 0 fully saturated rings. The van der Waals surface area contributed by atoms with Gasteiger partial charge in [0.15, 0.2) is 0 Å². The number of anilines is 1. The SMILES string of the molecule is CCOC(CN(CC)c1ccccc1)OC=O. The molecule has 1 unspecified atom stereocenters. The summed E-state index contributed by atoms with van der Waals surface area (Å²) in [5.41, 5.74) is 1.09. The van der Waals surface area contributed by atoms with Gasteiger partial charge in [0.1, 0.15) is 0 Å². The van der Waals surface area contributed by atoms with E-state index in [1.54, 1.807) is 0 Å². The third-order valence-corrected chi connectivity index (χ3v) is 2.43. The van der Waals surface area contributed by atoms with Crippen molar-refractivity contribution in [1.29, 1.82) is 0 Å². The normalized spacial score (nSPS) is 11.9. The van der Waals surface area contributed by atoms with Crippen molar-refractivity contribution in [3.05, 3.63) is 30.3 Å². The standard InChI is InChI=1S/C13H19NO3/c1-3-14(12-8-6-5-7-9-12)10-13(16-4-2)17-11-15/h5-9,11,13H,3-4,10H2,1-2H3. The van der Waals surface area contributed by atoms with E-state index in [0.717, 1.165) is 12.2 Å². The first kappa shape index (κ1) is 13.5. The summed E-state index contributed by atoms with van der Waals surface area (Å²) in [5.74, 6) is 0. The molecule has 0 bridgehead atoms. The van der Waals surface area contributed by atoms with Crippen molar-refractivity contribution in [2.75, 3.05) is 24.6 Å². The number of likely N-dealkylation sites (N-methyl/N-ethyl adjacent to an activating group) is 1. The van der Waals surface area contributed by atoms with Gasteiger partial charge in [-0.05, 0) is 26.0 Å². The van der Waals surface area contributed by atoms with Crippen LogP contribution in [0.1, 0.15) is 13.8 Å². The van der Waals surface area contributed by atoms with E-state index in [1.165, 1.54) is 0 Å². The van der Waals surface area contributed by atoms with Crippen LogP contribution in [0.2, 0.25) is 0 Å². The molecule has 1 aromatic rings. The molecule has 4 heteroatoms. The maximum absolute atomic E-state index is 10.4. The first-order chi connectivity index (χ1) is 8.31. The largest absolute Gasteiger partial charge is 0.436 e. The topological polar surface area (TPSA) is 38.8 Å². The summed E-state index contributed by atoms with van der Waals surface area (Å²) in [4.78, 5) is 12.5. The Morgan fingerprint density at radius 2 is 2.00 bits per heavy atom. The Morgan fingerprint density at radius 1 is 1.29 bits per heavy atom. The van der Waals surface area contributed by atoms with Crippen LogP contribution in [-0.4, -0.2) is 32.5 Å². The van der Waals surface area contributed by atoms with Gasteiger partial charge in [0.2, 0.25) is 6.29 Å². The Labute approximate surface area is 102 Å². The first-order valence-electron chi connectivity index (χ1n) is 5.82. The average molecular weight is 237 g/mol. The highest BCUT2D eigenvalue weighted by atomic mass is 16.7. The molecule has 17 heavy (non-hydrogen) atoms. The quantitative estimate of drug-likeness (QED) is 0.512. The number of benzene rings is 1. The van der Waals surface area contributed by atoms with Crippen LogP contribution in [0.4, 0.5) is 5.69 Å². The van der Waals surface area contributed by atoms with Gasteiger partial charge in [-0.15, -0.1) is 0 Å². The second-order valence-corrected chi connectivity index (χ2v) is 3.49. The van der Waals surface area contributed by atoms with Crippen molar-refractivity contribution >= 4 is 12.2 Å². The van der Waals surface area contributed by atoms with Gasteiger partial charge in [-0.3, -0.25) is 4.79 Å². The number of ether oxygens (including phenoxy) is 2. The van der Waals surface area contributed by atoms with Crippen molar-refractivity contribution < 1.29 is 14.3 Å². The minimum Gasteiger partial charge on any atom is -0.436 e. The highest BCUT2D eigenvalue weighted by Gasteiger charge is 2.14. The van der Waals surface area contributed by atoms with E-state index < -0.39 is 6.29 Å². The Kier molecular flexibility index (Phi) is 6.10. The molecule has 0 aromatic heterocycles. The van der Waals surface area contributed by atoms with E-state index in [2.05, 4.69) is 11.8 Å². The fraction of sp³-hybridized carbons (Fsp3) is 0.462. The van der Waals surface area contributed by atoms with Crippen molar-refractivity contribution in [1.82, 2.24) is 0 Å². The Balaban J connectivity index is 2.64. The lowest BCUT2D eigenvalue weighted by Crippen LogP contribution is -2.35. The van der Waals surface area contributed by atoms with Gasteiger partial charge >= 0.3 is 0 Å². The highest BCUT2D eigenvalue weighted by molar-refractivity contribution is 5.46. The van der Waals surface area contributed by atoms with E-state index in [9.17, 15) is 4.79 Å². The number of hydrogen-bond donors (Lipinski definition) is 0. The summed E-state index contributed by atoms with van der Waals surface area (Å²) < 4.78 is 10.2. The van der Waals surface area contributed by atoms with Gasteiger partial charge in [-0.2, -0.15) is 0 Å². The molecule has 1 rings (SSSR count). The molecule has 0 aliphatic carbocycles. The monoisotopic (exact) mass is 237 g/mol. The summed E-state index contributed by atoms with van der Waals surface area (Å²) >= 11 is 0. The second kappa shape index (κ2) is 7.68. The highest BCUT2D eigenvalue weighted by Crippen LogP contribution is 2.14. The number of hydrogen-bond acceptors (Lipinski definition) is 4. The minimum absolute atomic E-state index is 0.430. The molecule has 1 atom stereocenters. The van der Waals surface area contributed by atoms with Crippen molar-refractivity contribution in [3.8, 4) is 0 Å². The molecule has 0 saturated carbocycles. The van der Waals surface area contributed by atoms with E-state index in [-0.39, 0.29) is 0 Å². The number of carbonyl (C=O) groups is 1. The molecule has 0 aliphatic rings. The second-order valence-electron chi connectivity index (χ2n) is 3.49. The van der Waals surface area contributed by atoms with Crippen molar-refractivity contribution in [2.45, 2.75) is 20.1 Å². The van der Waals surface area contributed by atoms with Crippen LogP contribution in [-0.2, 0) is 14.3 Å². The summed E-state index contributed by atoms with van der Waals surface area (Å²) in [6.07, 6.45) is -0.516. The van der Waals surface area contributed by atoms with Gasteiger partial charge in [-0.25, -0.2) is 0 Å². The van der Waals surface area contributed by atoms with Gasteiger partial charge in [0, 0.05) is 18.8 Å². The van der Waals surface area contributed by atoms with Gasteiger partial charge in [0.05, 0.1) is 6.54 Å². The predicted molar refractivity (Wildman–Crippen MR) is 66.9 cm³/mol. The third-order valence-electron chi connectivity index (χ3n) is 2.43. The Hall–Kier alpha value is -1.55. The molecule has 4 nitrogen and oxygen atoms in total. The van der Waals surface area contributed by atoms with Crippen LogP contribution in [0.15, 0.2) is 30.3 Å². The fourth-order valence-corrected chi connectivity index (χ4v) is 1.62. The van der Waals surface area contributed by atoms with Crippen molar-refractivity contribution in [3.63, 3.8) is 0 Å². The maximum Gasteiger partial charge on any atom is 0.295 e. The van der Waals surface area contributed by atoms with Crippen LogP contribution >= 0.6 is 0 Å². The summed E-state index contributed by atoms with van der Waals surface area (Å²) in [7, 11) is 0. The summed E-state index contributed by atoms with van der Waals surface area (Å²) in [6.45, 7) is 6.24. The van der Waals surface area contributed by atoms with E-state index in [1.807, 2.05) is 37.3 Å². The molecular formula is C13H19NO3. The van der Waals surface area contributed by atoms with E-state index in [4.69, 9.17) is 9.47 Å². The Morgan fingerprint density at radius 3 is 2.53 bits per heavy atom. The molecule has 0 amide bonds. The van der Waals surface area contributed by atoms with Crippen molar-refractivity contribution in [2.24, 2.45) is 0 Å². The lowest BCUT2D eigenvalue weighted by Gasteiger charge is -2.27. The molecule has 0 N–H and O–H groups in total. The van der Waals surface area contributed by atoms with Crippen LogP contribution in [0.3, 0.4) is 0 Å². The average Bonchev–Trinajstić information content (AvgIpc) is 2.37. The Bertz CT molecular complexity index is 316. The molecule has 94 valence electrons. The smallest absolute Gasteiger partial charge is 0.295 e. The fourth-order valence-electron chi connectivity index (χ4n) is 1.62.